The number of hydrazone groups is 1. The smallest absolute Gasteiger partial charge is 0.217 e. The van der Waals surface area contributed by atoms with Gasteiger partial charge in [-0.15, -0.1) is 5.10 Å². The minimum Gasteiger partial charge on any atom is -0.291 e. The number of nitrogens with one attached hydrogen (secondary N) is 1. The molecule has 0 aliphatic rings. The summed E-state index contributed by atoms with van der Waals surface area (Å²) in [7, 11) is 0. The highest BCUT2D eigenvalue weighted by atomic mass is 35.5. The number of rotatable bonds is 3. The number of hydrogen-bond acceptors (Lipinski definition) is 5. The summed E-state index contributed by atoms with van der Waals surface area (Å²) < 4.78 is 1.30. The van der Waals surface area contributed by atoms with Gasteiger partial charge in [0.05, 0.1) is 18.1 Å². The highest BCUT2D eigenvalue weighted by Gasteiger charge is 2.09. The first-order chi connectivity index (χ1) is 8.66. The van der Waals surface area contributed by atoms with Gasteiger partial charge in [0, 0.05) is 11.9 Å². The maximum atomic E-state index is 11.4. The minimum absolute atomic E-state index is 0.155. The van der Waals surface area contributed by atoms with Crippen LogP contribution in [-0.2, 0) is 4.79 Å². The summed E-state index contributed by atoms with van der Waals surface area (Å²) in [5.41, 5.74) is 3.48. The lowest BCUT2D eigenvalue weighted by Gasteiger charge is -2.04. The Morgan fingerprint density at radius 3 is 2.67 bits per heavy atom. The van der Waals surface area contributed by atoms with E-state index in [0.717, 1.165) is 5.69 Å². The molecule has 0 bridgehead atoms. The number of nitrogens with zero attached hydrogens (tertiary/aromatic N) is 4. The van der Waals surface area contributed by atoms with E-state index in [-0.39, 0.29) is 11.6 Å². The molecule has 7 heteroatoms. The third-order valence-corrected chi connectivity index (χ3v) is 2.34. The number of Topliss-reactive ketones (excluding diaryl/α,β-unsaturated/α-hetero) is 1. The number of aromatic nitrogens is 3. The third-order valence-electron chi connectivity index (χ3n) is 2.09. The zero-order valence-electron chi connectivity index (χ0n) is 9.54. The van der Waals surface area contributed by atoms with Gasteiger partial charge in [0.25, 0.3) is 0 Å². The molecule has 0 unspecified atom stereocenters. The quantitative estimate of drug-likeness (QED) is 0.521. The number of carbonyl (C=O) groups excluding carboxylic acids is 1. The third kappa shape index (κ3) is 2.92. The lowest BCUT2D eigenvalue weighted by atomic mass is 10.3. The Balaban J connectivity index is 2.20. The van der Waals surface area contributed by atoms with Gasteiger partial charge in [-0.25, -0.2) is 0 Å². The lowest BCUT2D eigenvalue weighted by Crippen LogP contribution is -2.22. The largest absolute Gasteiger partial charge is 0.291 e. The zero-order chi connectivity index (χ0) is 13.0. The predicted octanol–water partition coefficient (Wildman–Crippen LogP) is 1.79. The summed E-state index contributed by atoms with van der Waals surface area (Å²) in [6.07, 6.45) is 3.02. The second-order valence-electron chi connectivity index (χ2n) is 3.46. The van der Waals surface area contributed by atoms with Crippen molar-refractivity contribution in [2.75, 3.05) is 5.43 Å². The van der Waals surface area contributed by atoms with Crippen LogP contribution in [0.25, 0.3) is 0 Å². The standard InChI is InChI=1S/C11H10ClN5O/c1-8(18)11(17-7-6-13-16-17)15-14-10-4-2-9(12)3-5-10/h2-7,14H,1H3/b15-11+. The maximum Gasteiger partial charge on any atom is 0.217 e. The highest BCUT2D eigenvalue weighted by molar-refractivity contribution is 6.38. The second kappa shape index (κ2) is 5.42. The van der Waals surface area contributed by atoms with Gasteiger partial charge in [0.15, 0.2) is 5.78 Å². The maximum absolute atomic E-state index is 11.4. The Hall–Kier alpha value is -2.21. The van der Waals surface area contributed by atoms with Crippen molar-refractivity contribution in [3.8, 4) is 0 Å². The van der Waals surface area contributed by atoms with Gasteiger partial charge >= 0.3 is 0 Å². The summed E-state index contributed by atoms with van der Waals surface area (Å²) in [6, 6.07) is 6.96. The Morgan fingerprint density at radius 2 is 2.11 bits per heavy atom. The van der Waals surface area contributed by atoms with Crippen LogP contribution in [0.15, 0.2) is 41.8 Å². The average molecular weight is 264 g/mol. The van der Waals surface area contributed by atoms with Crippen molar-refractivity contribution < 1.29 is 4.79 Å². The number of benzene rings is 1. The lowest BCUT2D eigenvalue weighted by molar-refractivity contribution is -0.111. The SMILES string of the molecule is CC(=O)/C(=N\Nc1ccc(Cl)cc1)n1ccnn1. The van der Waals surface area contributed by atoms with E-state index >= 15 is 0 Å². The molecule has 0 atom stereocenters. The van der Waals surface area contributed by atoms with Gasteiger partial charge in [-0.1, -0.05) is 16.8 Å². The van der Waals surface area contributed by atoms with Crippen molar-refractivity contribution in [2.45, 2.75) is 6.92 Å². The van der Waals surface area contributed by atoms with Crippen LogP contribution < -0.4 is 5.43 Å². The van der Waals surface area contributed by atoms with Crippen LogP contribution in [0.3, 0.4) is 0 Å². The van der Waals surface area contributed by atoms with Crippen molar-refractivity contribution in [1.82, 2.24) is 15.0 Å². The van der Waals surface area contributed by atoms with Gasteiger partial charge in [-0.2, -0.15) is 9.78 Å². The van der Waals surface area contributed by atoms with E-state index in [1.165, 1.54) is 17.8 Å². The van der Waals surface area contributed by atoms with Gasteiger partial charge in [0.1, 0.15) is 0 Å². The summed E-state index contributed by atoms with van der Waals surface area (Å²) in [6.45, 7) is 1.41. The van der Waals surface area contributed by atoms with Gasteiger partial charge in [0.2, 0.25) is 5.84 Å². The molecule has 92 valence electrons. The normalized spacial score (nSPS) is 11.3. The highest BCUT2D eigenvalue weighted by Crippen LogP contribution is 2.13. The number of carbonyl (C=O) groups is 1. The molecule has 1 N–H and O–H groups in total. The fraction of sp³-hybridized carbons (Fsp3) is 0.0909. The van der Waals surface area contributed by atoms with Crippen molar-refractivity contribution in [3.05, 3.63) is 41.7 Å². The van der Waals surface area contributed by atoms with E-state index in [0.29, 0.717) is 5.02 Å². The summed E-state index contributed by atoms with van der Waals surface area (Å²) in [4.78, 5) is 11.4. The van der Waals surface area contributed by atoms with Crippen LogP contribution in [0, 0.1) is 0 Å². The van der Waals surface area contributed by atoms with Crippen LogP contribution in [0.1, 0.15) is 6.92 Å². The molecule has 0 saturated heterocycles. The molecule has 1 aromatic heterocycles. The van der Waals surface area contributed by atoms with Crippen molar-refractivity contribution in [3.63, 3.8) is 0 Å². The average Bonchev–Trinajstić information content (AvgIpc) is 2.85. The Morgan fingerprint density at radius 1 is 1.39 bits per heavy atom. The molecule has 1 heterocycles. The van der Waals surface area contributed by atoms with Gasteiger partial charge in [-0.05, 0) is 24.3 Å². The molecule has 2 rings (SSSR count). The van der Waals surface area contributed by atoms with E-state index in [1.54, 1.807) is 30.5 Å². The molecule has 0 aliphatic heterocycles. The van der Waals surface area contributed by atoms with Crippen molar-refractivity contribution in [1.29, 1.82) is 0 Å². The summed E-state index contributed by atoms with van der Waals surface area (Å²) in [5, 5.41) is 12.0. The second-order valence-corrected chi connectivity index (χ2v) is 3.89. The molecule has 0 fully saturated rings. The van der Waals surface area contributed by atoms with E-state index in [2.05, 4.69) is 20.8 Å². The number of halogens is 1. The zero-order valence-corrected chi connectivity index (χ0v) is 10.3. The molecule has 0 spiro atoms. The Labute approximate surface area is 108 Å². The van der Waals surface area contributed by atoms with E-state index in [4.69, 9.17) is 11.6 Å². The molecule has 0 aliphatic carbocycles. The molecule has 18 heavy (non-hydrogen) atoms. The van der Waals surface area contributed by atoms with Gasteiger partial charge in [-0.3, -0.25) is 10.2 Å². The van der Waals surface area contributed by atoms with Crippen molar-refractivity contribution in [2.24, 2.45) is 5.10 Å². The van der Waals surface area contributed by atoms with Crippen LogP contribution in [0.2, 0.25) is 5.02 Å². The Bertz CT molecular complexity index is 562. The molecular weight excluding hydrogens is 254 g/mol. The van der Waals surface area contributed by atoms with Crippen LogP contribution in [0.4, 0.5) is 5.69 Å². The fourth-order valence-electron chi connectivity index (χ4n) is 1.25. The van der Waals surface area contributed by atoms with Crippen molar-refractivity contribution >= 4 is 28.9 Å². The fourth-order valence-corrected chi connectivity index (χ4v) is 1.38. The molecule has 6 nitrogen and oxygen atoms in total. The first-order valence-corrected chi connectivity index (χ1v) is 5.51. The monoisotopic (exact) mass is 263 g/mol. The number of ketones is 1. The molecule has 0 radical (unpaired) electrons. The predicted molar refractivity (Wildman–Crippen MR) is 68.6 cm³/mol. The molecule has 0 saturated carbocycles. The summed E-state index contributed by atoms with van der Waals surface area (Å²) in [5.74, 6) is -0.0654. The molecule has 2 aromatic rings. The topological polar surface area (TPSA) is 72.2 Å². The van der Waals surface area contributed by atoms with E-state index in [9.17, 15) is 4.79 Å². The Kier molecular flexibility index (Phi) is 3.69. The molecular formula is C11H10ClN5O. The van der Waals surface area contributed by atoms with Crippen LogP contribution in [-0.4, -0.2) is 26.6 Å². The number of anilines is 1. The molecule has 0 amide bonds. The number of hydrogen-bond donors (Lipinski definition) is 1. The first kappa shape index (κ1) is 12.3. The van der Waals surface area contributed by atoms with E-state index in [1.807, 2.05) is 0 Å². The van der Waals surface area contributed by atoms with Crippen LogP contribution >= 0.6 is 11.6 Å². The van der Waals surface area contributed by atoms with Gasteiger partial charge < -0.3 is 0 Å². The van der Waals surface area contributed by atoms with E-state index < -0.39 is 0 Å². The first-order valence-electron chi connectivity index (χ1n) is 5.14. The minimum atomic E-state index is -0.220. The molecule has 1 aromatic carbocycles. The van der Waals surface area contributed by atoms with Crippen LogP contribution in [0.5, 0.6) is 0 Å². The summed E-state index contributed by atoms with van der Waals surface area (Å²) >= 11 is 5.77.